The van der Waals surface area contributed by atoms with Crippen LogP contribution in [0.2, 0.25) is 0 Å². The minimum absolute atomic E-state index is 0.0234. The van der Waals surface area contributed by atoms with Gasteiger partial charge in [0.25, 0.3) is 17.7 Å². The monoisotopic (exact) mass is 418 g/mol. The number of nitrogens with one attached hydrogen (secondary N) is 1. The molecule has 1 heterocycles. The number of nitrogens with zero attached hydrogens (tertiary/aromatic N) is 1. The molecule has 0 aromatic heterocycles. The molecule has 0 atom stereocenters. The summed E-state index contributed by atoms with van der Waals surface area (Å²) in [5.41, 5.74) is 2.02. The lowest BCUT2D eigenvalue weighted by atomic mass is 10.1. The van der Waals surface area contributed by atoms with Crippen molar-refractivity contribution in [1.82, 2.24) is 4.90 Å². The molecule has 0 saturated heterocycles. The van der Waals surface area contributed by atoms with Gasteiger partial charge in [-0.15, -0.1) is 0 Å². The Hall–Kier alpha value is -4.00. The van der Waals surface area contributed by atoms with E-state index in [1.54, 1.807) is 49.4 Å². The van der Waals surface area contributed by atoms with Gasteiger partial charge in [0.2, 0.25) is 0 Å². The lowest BCUT2D eigenvalue weighted by molar-refractivity contribution is 0.0642. The molecule has 3 aromatic rings. The molecule has 1 N–H and O–H groups in total. The number of amides is 3. The predicted molar refractivity (Wildman–Crippen MR) is 113 cm³/mol. The zero-order valence-corrected chi connectivity index (χ0v) is 16.7. The molecule has 156 valence electrons. The van der Waals surface area contributed by atoms with Gasteiger partial charge in [-0.3, -0.25) is 19.3 Å². The van der Waals surface area contributed by atoms with Crippen molar-refractivity contribution in [2.75, 3.05) is 11.9 Å². The van der Waals surface area contributed by atoms with Gasteiger partial charge in [-0.25, -0.2) is 4.39 Å². The van der Waals surface area contributed by atoms with Crippen LogP contribution in [0.15, 0.2) is 66.7 Å². The Kier molecular flexibility index (Phi) is 5.49. The first kappa shape index (κ1) is 20.3. The summed E-state index contributed by atoms with van der Waals surface area (Å²) in [5.74, 6) is -1.22. The summed E-state index contributed by atoms with van der Waals surface area (Å²) in [6.07, 6.45) is 0. The first-order valence-corrected chi connectivity index (χ1v) is 9.76. The van der Waals surface area contributed by atoms with Crippen LogP contribution in [-0.2, 0) is 6.54 Å². The Morgan fingerprint density at radius 1 is 0.968 bits per heavy atom. The van der Waals surface area contributed by atoms with Crippen LogP contribution < -0.4 is 10.1 Å². The van der Waals surface area contributed by atoms with Gasteiger partial charge in [0.15, 0.2) is 0 Å². The molecule has 0 radical (unpaired) electrons. The second kappa shape index (κ2) is 8.39. The maximum absolute atomic E-state index is 13.1. The average molecular weight is 418 g/mol. The third-order valence-corrected chi connectivity index (χ3v) is 4.91. The highest BCUT2D eigenvalue weighted by atomic mass is 19.1. The Morgan fingerprint density at radius 2 is 1.61 bits per heavy atom. The number of ether oxygens (including phenoxy) is 1. The summed E-state index contributed by atoms with van der Waals surface area (Å²) in [6, 6.07) is 17.0. The highest BCUT2D eigenvalue weighted by molar-refractivity contribution is 6.21. The van der Waals surface area contributed by atoms with Crippen LogP contribution >= 0.6 is 0 Å². The zero-order valence-electron chi connectivity index (χ0n) is 16.7. The number of imide groups is 1. The second-order valence-electron chi connectivity index (χ2n) is 6.97. The van der Waals surface area contributed by atoms with Crippen LogP contribution in [0.1, 0.15) is 43.6 Å². The standard InChI is InChI=1S/C24H19FN2O4/c1-2-31-21-12-7-15(13-20(21)22(28)26-17-10-8-16(25)9-11-17)14-27-23(29)18-5-3-4-6-19(18)24(27)30/h3-13H,2,14H2,1H3,(H,26,28). The summed E-state index contributed by atoms with van der Waals surface area (Å²) in [7, 11) is 0. The molecule has 7 heteroatoms. The SMILES string of the molecule is CCOc1ccc(CN2C(=O)c3ccccc3C2=O)cc1C(=O)Nc1ccc(F)cc1. The number of rotatable bonds is 6. The number of anilines is 1. The number of halogens is 1. The number of carbonyl (C=O) groups is 3. The fourth-order valence-corrected chi connectivity index (χ4v) is 3.43. The summed E-state index contributed by atoms with van der Waals surface area (Å²) in [4.78, 5) is 39.3. The van der Waals surface area contributed by atoms with E-state index in [1.165, 1.54) is 24.3 Å². The van der Waals surface area contributed by atoms with Crippen molar-refractivity contribution >= 4 is 23.4 Å². The zero-order chi connectivity index (χ0) is 22.0. The van der Waals surface area contributed by atoms with Gasteiger partial charge in [-0.1, -0.05) is 18.2 Å². The van der Waals surface area contributed by atoms with E-state index in [4.69, 9.17) is 4.74 Å². The molecular formula is C24H19FN2O4. The van der Waals surface area contributed by atoms with Crippen LogP contribution in [0.4, 0.5) is 10.1 Å². The molecule has 3 amide bonds. The largest absolute Gasteiger partial charge is 0.493 e. The molecule has 6 nitrogen and oxygen atoms in total. The van der Waals surface area contributed by atoms with Crippen LogP contribution in [0.25, 0.3) is 0 Å². The number of fused-ring (bicyclic) bond motifs is 1. The molecule has 0 saturated carbocycles. The van der Waals surface area contributed by atoms with Gasteiger partial charge in [-0.05, 0) is 61.0 Å². The van der Waals surface area contributed by atoms with Gasteiger partial charge in [-0.2, -0.15) is 0 Å². The summed E-state index contributed by atoms with van der Waals surface area (Å²) in [6.45, 7) is 2.18. The van der Waals surface area contributed by atoms with Crippen LogP contribution in [-0.4, -0.2) is 29.2 Å². The Labute approximate surface area is 178 Å². The fraction of sp³-hybridized carbons (Fsp3) is 0.125. The van der Waals surface area contributed by atoms with Crippen molar-refractivity contribution in [1.29, 1.82) is 0 Å². The van der Waals surface area contributed by atoms with Crippen LogP contribution in [0.5, 0.6) is 5.75 Å². The minimum atomic E-state index is -0.445. The first-order chi connectivity index (χ1) is 15.0. The normalized spacial score (nSPS) is 12.6. The van der Waals surface area contributed by atoms with Crippen molar-refractivity contribution in [3.05, 3.63) is 94.8 Å². The first-order valence-electron chi connectivity index (χ1n) is 9.76. The molecule has 0 fully saturated rings. The number of carbonyl (C=O) groups excluding carboxylic acids is 3. The molecule has 0 unspecified atom stereocenters. The van der Waals surface area contributed by atoms with E-state index in [9.17, 15) is 18.8 Å². The molecular weight excluding hydrogens is 399 g/mol. The van der Waals surface area contributed by atoms with Gasteiger partial charge in [0.1, 0.15) is 11.6 Å². The van der Waals surface area contributed by atoms with Crippen LogP contribution in [0, 0.1) is 5.82 Å². The molecule has 4 rings (SSSR count). The predicted octanol–water partition coefficient (Wildman–Crippen LogP) is 4.27. The maximum atomic E-state index is 13.1. The molecule has 0 aliphatic carbocycles. The average Bonchev–Trinajstić information content (AvgIpc) is 3.01. The van der Waals surface area contributed by atoms with Crippen molar-refractivity contribution in [3.8, 4) is 5.75 Å². The fourth-order valence-electron chi connectivity index (χ4n) is 3.43. The van der Waals surface area contributed by atoms with Crippen LogP contribution in [0.3, 0.4) is 0 Å². The molecule has 3 aromatic carbocycles. The number of hydrogen-bond acceptors (Lipinski definition) is 4. The Morgan fingerprint density at radius 3 is 2.23 bits per heavy atom. The van der Waals surface area contributed by atoms with Crippen molar-refractivity contribution in [3.63, 3.8) is 0 Å². The lowest BCUT2D eigenvalue weighted by Crippen LogP contribution is -2.29. The van der Waals surface area contributed by atoms with Gasteiger partial charge < -0.3 is 10.1 Å². The quantitative estimate of drug-likeness (QED) is 0.607. The van der Waals surface area contributed by atoms with Gasteiger partial charge >= 0.3 is 0 Å². The maximum Gasteiger partial charge on any atom is 0.261 e. The van der Waals surface area contributed by atoms with E-state index >= 15 is 0 Å². The Bertz CT molecular complexity index is 1140. The molecule has 1 aliphatic rings. The van der Waals surface area contributed by atoms with E-state index in [2.05, 4.69) is 5.32 Å². The summed E-state index contributed by atoms with van der Waals surface area (Å²) >= 11 is 0. The highest BCUT2D eigenvalue weighted by Gasteiger charge is 2.35. The number of benzene rings is 3. The van der Waals surface area contributed by atoms with Crippen molar-refractivity contribution in [2.45, 2.75) is 13.5 Å². The van der Waals surface area contributed by atoms with E-state index in [0.717, 1.165) is 4.90 Å². The van der Waals surface area contributed by atoms with E-state index < -0.39 is 11.7 Å². The van der Waals surface area contributed by atoms with Crippen molar-refractivity contribution < 1.29 is 23.5 Å². The minimum Gasteiger partial charge on any atom is -0.493 e. The van der Waals surface area contributed by atoms with E-state index in [0.29, 0.717) is 34.7 Å². The Balaban J connectivity index is 1.60. The molecule has 0 bridgehead atoms. The second-order valence-corrected chi connectivity index (χ2v) is 6.97. The molecule has 31 heavy (non-hydrogen) atoms. The smallest absolute Gasteiger partial charge is 0.261 e. The molecule has 1 aliphatic heterocycles. The van der Waals surface area contributed by atoms with E-state index in [1.807, 2.05) is 0 Å². The van der Waals surface area contributed by atoms with Gasteiger partial charge in [0.05, 0.1) is 29.8 Å². The topological polar surface area (TPSA) is 75.7 Å². The third kappa shape index (κ3) is 4.02. The lowest BCUT2D eigenvalue weighted by Gasteiger charge is -2.16. The summed E-state index contributed by atoms with van der Waals surface area (Å²) < 4.78 is 18.7. The molecule has 0 spiro atoms. The summed E-state index contributed by atoms with van der Waals surface area (Å²) in [5, 5.41) is 2.70. The number of hydrogen-bond donors (Lipinski definition) is 1. The van der Waals surface area contributed by atoms with E-state index in [-0.39, 0.29) is 23.9 Å². The van der Waals surface area contributed by atoms with Crippen molar-refractivity contribution in [2.24, 2.45) is 0 Å². The third-order valence-electron chi connectivity index (χ3n) is 4.91. The van der Waals surface area contributed by atoms with Gasteiger partial charge in [0, 0.05) is 5.69 Å². The highest BCUT2D eigenvalue weighted by Crippen LogP contribution is 2.27.